The number of primary amides is 1. The smallest absolute Gasteiger partial charge is 0.366 e. The third-order valence-electron chi connectivity index (χ3n) is 2.59. The summed E-state index contributed by atoms with van der Waals surface area (Å²) in [6, 6.07) is 9.00. The van der Waals surface area contributed by atoms with E-state index in [1.54, 1.807) is 19.2 Å². The number of nitrogens with two attached hydrogens (primary N) is 1. The average Bonchev–Trinajstić information content (AvgIpc) is 2.43. The van der Waals surface area contributed by atoms with Crippen LogP contribution in [0, 0.1) is 6.92 Å². The summed E-state index contributed by atoms with van der Waals surface area (Å²) in [4.78, 5) is 21.4. The van der Waals surface area contributed by atoms with Crippen molar-refractivity contribution in [3.63, 3.8) is 0 Å². The van der Waals surface area contributed by atoms with E-state index in [2.05, 4.69) is 4.18 Å². The number of nitrogens with zero attached hydrogens (tertiary/aromatic N) is 1. The van der Waals surface area contributed by atoms with Crippen LogP contribution in [0.5, 0.6) is 5.75 Å². The second-order valence-electron chi connectivity index (χ2n) is 4.56. The van der Waals surface area contributed by atoms with Crippen molar-refractivity contribution in [3.05, 3.63) is 64.1 Å². The Morgan fingerprint density at radius 2 is 1.74 bits per heavy atom. The van der Waals surface area contributed by atoms with Crippen LogP contribution < -0.4 is 15.5 Å². The maximum Gasteiger partial charge on any atom is 0.446 e. The second kappa shape index (κ2) is 7.56. The molecule has 1 aromatic heterocycles. The molecule has 124 valence electrons. The molecule has 8 nitrogen and oxygen atoms in total. The Balaban J connectivity index is 0.000000231. The van der Waals surface area contributed by atoms with Gasteiger partial charge in [0.15, 0.2) is 0 Å². The van der Waals surface area contributed by atoms with E-state index < -0.39 is 16.3 Å². The van der Waals surface area contributed by atoms with E-state index >= 15 is 0 Å². The van der Waals surface area contributed by atoms with Crippen molar-refractivity contribution in [3.8, 4) is 5.75 Å². The highest BCUT2D eigenvalue weighted by Crippen LogP contribution is 2.12. The van der Waals surface area contributed by atoms with E-state index in [4.69, 9.17) is 10.3 Å². The lowest BCUT2D eigenvalue weighted by atomic mass is 10.2. The van der Waals surface area contributed by atoms with Crippen LogP contribution in [0.4, 0.5) is 0 Å². The molecule has 23 heavy (non-hydrogen) atoms. The zero-order valence-electron chi connectivity index (χ0n) is 12.5. The van der Waals surface area contributed by atoms with E-state index in [1.165, 1.54) is 35.0 Å². The predicted molar refractivity (Wildman–Crippen MR) is 83.6 cm³/mol. The molecule has 1 amide bonds. The maximum atomic E-state index is 10.8. The molecule has 0 spiro atoms. The molecule has 2 rings (SSSR count). The molecule has 1 aromatic carbocycles. The molecule has 2 aromatic rings. The SMILES string of the molecule is Cc1ccc(OS(=O)(=O)O)cc1.Cn1cc(C(N)=O)ccc1=O. The fraction of sp³-hybridized carbons (Fsp3) is 0.143. The van der Waals surface area contributed by atoms with Gasteiger partial charge in [0, 0.05) is 19.3 Å². The van der Waals surface area contributed by atoms with E-state index in [0.29, 0.717) is 5.56 Å². The molecule has 0 atom stereocenters. The lowest BCUT2D eigenvalue weighted by Gasteiger charge is -2.00. The minimum atomic E-state index is -4.39. The number of carbonyl (C=O) groups is 1. The molecular weight excluding hydrogens is 324 g/mol. The average molecular weight is 340 g/mol. The standard InChI is InChI=1S/C7H8N2O2.C7H8O4S/c1-9-4-5(7(8)11)2-3-6(9)10;1-6-2-4-7(5-3-6)11-12(8,9)10/h2-4H,1H3,(H2,8,11);2-5H,1H3,(H,8,9,10). The van der Waals surface area contributed by atoms with Gasteiger partial charge in [0.2, 0.25) is 11.5 Å². The summed E-state index contributed by atoms with van der Waals surface area (Å²) >= 11 is 0. The molecule has 3 N–H and O–H groups in total. The molecular formula is C14H16N2O6S. The monoisotopic (exact) mass is 340 g/mol. The van der Waals surface area contributed by atoms with Gasteiger partial charge in [-0.2, -0.15) is 8.42 Å². The van der Waals surface area contributed by atoms with Crippen molar-refractivity contribution in [2.75, 3.05) is 0 Å². The number of amides is 1. The molecule has 0 bridgehead atoms. The largest absolute Gasteiger partial charge is 0.446 e. The molecule has 0 unspecified atom stereocenters. The molecule has 1 heterocycles. The summed E-state index contributed by atoms with van der Waals surface area (Å²) in [6.07, 6.45) is 1.41. The van der Waals surface area contributed by atoms with Crippen LogP contribution >= 0.6 is 0 Å². The molecule has 0 fully saturated rings. The topological polar surface area (TPSA) is 129 Å². The minimum Gasteiger partial charge on any atom is -0.366 e. The number of carbonyl (C=O) groups excluding carboxylic acids is 1. The van der Waals surface area contributed by atoms with Crippen molar-refractivity contribution in [2.24, 2.45) is 12.8 Å². The van der Waals surface area contributed by atoms with Crippen LogP contribution in [-0.4, -0.2) is 23.4 Å². The van der Waals surface area contributed by atoms with Crippen LogP contribution in [0.1, 0.15) is 15.9 Å². The number of aryl methyl sites for hydroxylation is 2. The zero-order valence-corrected chi connectivity index (χ0v) is 13.3. The summed E-state index contributed by atoms with van der Waals surface area (Å²) < 4.78 is 34.2. The lowest BCUT2D eigenvalue weighted by molar-refractivity contribution is 0.0999. The van der Waals surface area contributed by atoms with Gasteiger partial charge in [-0.3, -0.25) is 14.1 Å². The first-order valence-corrected chi connectivity index (χ1v) is 7.65. The number of rotatable bonds is 3. The first kappa shape index (κ1) is 18.4. The van der Waals surface area contributed by atoms with Crippen LogP contribution in [0.2, 0.25) is 0 Å². The van der Waals surface area contributed by atoms with Crippen molar-refractivity contribution in [1.82, 2.24) is 4.57 Å². The van der Waals surface area contributed by atoms with E-state index in [1.807, 2.05) is 6.92 Å². The van der Waals surface area contributed by atoms with E-state index in [9.17, 15) is 18.0 Å². The Bertz CT molecular complexity index is 840. The highest BCUT2D eigenvalue weighted by atomic mass is 32.3. The van der Waals surface area contributed by atoms with Crippen LogP contribution in [0.15, 0.2) is 47.4 Å². The number of hydrogen-bond acceptors (Lipinski definition) is 5. The fourth-order valence-electron chi connectivity index (χ4n) is 1.46. The minimum absolute atomic E-state index is 0.100. The number of aromatic nitrogens is 1. The van der Waals surface area contributed by atoms with Gasteiger partial charge in [0.25, 0.3) is 0 Å². The Morgan fingerprint density at radius 3 is 2.17 bits per heavy atom. The fourth-order valence-corrected chi connectivity index (χ4v) is 1.81. The number of hydrogen-bond donors (Lipinski definition) is 2. The molecule has 9 heteroatoms. The Kier molecular flexibility index (Phi) is 6.05. The van der Waals surface area contributed by atoms with Gasteiger partial charge in [-0.15, -0.1) is 0 Å². The Morgan fingerprint density at radius 1 is 1.17 bits per heavy atom. The van der Waals surface area contributed by atoms with Gasteiger partial charge >= 0.3 is 10.4 Å². The Labute approximate surface area is 133 Å². The first-order valence-electron chi connectivity index (χ1n) is 6.28. The molecule has 0 aliphatic carbocycles. The molecule has 0 aliphatic rings. The van der Waals surface area contributed by atoms with Crippen LogP contribution in [0.3, 0.4) is 0 Å². The third-order valence-corrected chi connectivity index (χ3v) is 3.00. The van der Waals surface area contributed by atoms with Gasteiger partial charge in [0.05, 0.1) is 5.56 Å². The molecule has 0 saturated carbocycles. The summed E-state index contributed by atoms with van der Waals surface area (Å²) in [5, 5.41) is 0. The quantitative estimate of drug-likeness (QED) is 0.790. The zero-order chi connectivity index (χ0) is 17.6. The van der Waals surface area contributed by atoms with E-state index in [-0.39, 0.29) is 11.3 Å². The van der Waals surface area contributed by atoms with Crippen molar-refractivity contribution >= 4 is 16.3 Å². The van der Waals surface area contributed by atoms with Gasteiger partial charge < -0.3 is 14.5 Å². The Hall–Kier alpha value is -2.65. The normalized spacial score (nSPS) is 10.4. The second-order valence-corrected chi connectivity index (χ2v) is 5.58. The van der Waals surface area contributed by atoms with E-state index in [0.717, 1.165) is 5.56 Å². The number of pyridine rings is 1. The predicted octanol–water partition coefficient (Wildman–Crippen LogP) is 0.661. The molecule has 0 saturated heterocycles. The number of benzene rings is 1. The highest BCUT2D eigenvalue weighted by Gasteiger charge is 2.05. The van der Waals surface area contributed by atoms with Crippen molar-refractivity contribution in [1.29, 1.82) is 0 Å². The summed E-state index contributed by atoms with van der Waals surface area (Å²) in [7, 11) is -2.83. The molecule has 0 radical (unpaired) electrons. The third kappa shape index (κ3) is 6.76. The maximum absolute atomic E-state index is 10.8. The lowest BCUT2D eigenvalue weighted by Crippen LogP contribution is -2.19. The van der Waals surface area contributed by atoms with Crippen molar-refractivity contribution in [2.45, 2.75) is 6.92 Å². The van der Waals surface area contributed by atoms with Gasteiger partial charge in [-0.05, 0) is 25.1 Å². The van der Waals surface area contributed by atoms with Crippen LogP contribution in [0.25, 0.3) is 0 Å². The van der Waals surface area contributed by atoms with Gasteiger partial charge in [-0.1, -0.05) is 17.7 Å². The molecule has 0 aliphatic heterocycles. The first-order chi connectivity index (χ1) is 10.6. The summed E-state index contributed by atoms with van der Waals surface area (Å²) in [6.45, 7) is 1.86. The summed E-state index contributed by atoms with van der Waals surface area (Å²) in [5.41, 5.74) is 6.14. The van der Waals surface area contributed by atoms with Crippen LogP contribution in [-0.2, 0) is 17.4 Å². The summed E-state index contributed by atoms with van der Waals surface area (Å²) in [5.74, 6) is -0.427. The van der Waals surface area contributed by atoms with Gasteiger partial charge in [-0.25, -0.2) is 0 Å². The van der Waals surface area contributed by atoms with Crippen molar-refractivity contribution < 1.29 is 21.9 Å². The van der Waals surface area contributed by atoms with Gasteiger partial charge in [0.1, 0.15) is 5.75 Å². The highest BCUT2D eigenvalue weighted by molar-refractivity contribution is 7.81.